The summed E-state index contributed by atoms with van der Waals surface area (Å²) >= 11 is 0. The summed E-state index contributed by atoms with van der Waals surface area (Å²) in [6.45, 7) is 8.57. The third kappa shape index (κ3) is 12.1. The van der Waals surface area contributed by atoms with Crippen LogP contribution in [0.2, 0.25) is 0 Å². The minimum Gasteiger partial charge on any atom is -0.492 e. The van der Waals surface area contributed by atoms with Gasteiger partial charge in [-0.25, -0.2) is 4.99 Å². The molecule has 0 saturated carbocycles. The van der Waals surface area contributed by atoms with E-state index in [0.717, 1.165) is 48.9 Å². The Labute approximate surface area is 215 Å². The van der Waals surface area contributed by atoms with Crippen molar-refractivity contribution in [3.05, 3.63) is 65.2 Å². The lowest BCUT2D eigenvalue weighted by Gasteiger charge is -2.11. The van der Waals surface area contributed by atoms with Gasteiger partial charge in [0.25, 0.3) is 5.91 Å². The van der Waals surface area contributed by atoms with Crippen LogP contribution in [0.3, 0.4) is 0 Å². The highest BCUT2D eigenvalue weighted by atomic mass is 16.3. The van der Waals surface area contributed by atoms with E-state index in [2.05, 4.69) is 35.5 Å². The molecule has 1 rings (SSSR count). The van der Waals surface area contributed by atoms with Crippen LogP contribution >= 0.6 is 0 Å². The molecule has 8 nitrogen and oxygen atoms in total. The van der Waals surface area contributed by atoms with E-state index >= 15 is 0 Å². The van der Waals surface area contributed by atoms with E-state index in [9.17, 15) is 14.7 Å². The first-order valence-electron chi connectivity index (χ1n) is 12.5. The van der Waals surface area contributed by atoms with E-state index in [0.29, 0.717) is 37.2 Å². The number of benzene rings is 1. The van der Waals surface area contributed by atoms with Gasteiger partial charge in [0.05, 0.1) is 18.1 Å². The molecule has 36 heavy (non-hydrogen) atoms. The van der Waals surface area contributed by atoms with Crippen molar-refractivity contribution in [1.82, 2.24) is 5.32 Å². The number of amidine groups is 1. The molecular weight excluding hydrogens is 454 g/mol. The predicted octanol–water partition coefficient (Wildman–Crippen LogP) is 5.46. The Bertz CT molecular complexity index is 985. The summed E-state index contributed by atoms with van der Waals surface area (Å²) in [5, 5.41) is 16.7. The lowest BCUT2D eigenvalue weighted by molar-refractivity contribution is -0.107. The third-order valence-corrected chi connectivity index (χ3v) is 5.03. The van der Waals surface area contributed by atoms with Gasteiger partial charge in [0.2, 0.25) is 5.88 Å². The molecule has 0 saturated heterocycles. The van der Waals surface area contributed by atoms with Gasteiger partial charge in [0, 0.05) is 24.2 Å². The molecule has 0 atom stereocenters. The van der Waals surface area contributed by atoms with Crippen molar-refractivity contribution in [2.24, 2.45) is 15.7 Å². The molecule has 8 heteroatoms. The van der Waals surface area contributed by atoms with Crippen LogP contribution < -0.4 is 16.4 Å². The first kappa shape index (κ1) is 30.4. The molecule has 0 aromatic heterocycles. The van der Waals surface area contributed by atoms with Crippen LogP contribution in [-0.4, -0.2) is 41.9 Å². The predicted molar refractivity (Wildman–Crippen MR) is 150 cm³/mol. The number of aldehydes is 1. The molecule has 5 N–H and O–H groups in total. The second-order valence-electron chi connectivity index (χ2n) is 8.39. The SMILES string of the molecule is CCC/C=C/C(CNc1ccc(C(=O)NCCCC=O)cc1)=N/C(=C(O)/N=C(\C)N)C(/C)=C/CCC. The van der Waals surface area contributed by atoms with Crippen molar-refractivity contribution in [1.29, 1.82) is 0 Å². The number of hydrogen-bond acceptors (Lipinski definition) is 6. The van der Waals surface area contributed by atoms with E-state index in [1.54, 1.807) is 19.1 Å². The normalized spacial score (nSPS) is 13.5. The Morgan fingerprint density at radius 1 is 1.06 bits per heavy atom. The molecular formula is C28H41N5O3. The highest BCUT2D eigenvalue weighted by molar-refractivity contribution is 5.99. The molecule has 1 amide bonds. The number of rotatable bonds is 16. The number of aliphatic hydroxyl groups excluding tert-OH is 1. The summed E-state index contributed by atoms with van der Waals surface area (Å²) in [6, 6.07) is 7.15. The highest BCUT2D eigenvalue weighted by Gasteiger charge is 2.09. The molecule has 0 bridgehead atoms. The monoisotopic (exact) mass is 495 g/mol. The minimum absolute atomic E-state index is 0.174. The highest BCUT2D eigenvalue weighted by Crippen LogP contribution is 2.18. The second-order valence-corrected chi connectivity index (χ2v) is 8.39. The van der Waals surface area contributed by atoms with Crippen LogP contribution in [0.5, 0.6) is 0 Å². The number of nitrogens with two attached hydrogens (primary N) is 1. The largest absolute Gasteiger partial charge is 0.492 e. The van der Waals surface area contributed by atoms with E-state index < -0.39 is 0 Å². The fourth-order valence-electron chi connectivity index (χ4n) is 3.08. The standard InChI is InChI=1S/C28H41N5O3/c1-5-7-9-13-25(33-26(21(3)12-8-6-2)28(36)32-22(4)29)20-31-24-16-14-23(15-17-24)27(35)30-18-10-11-19-34/h9,12-17,19,31,36H,5-8,10-11,18,20H2,1-4H3,(H2,29,32)(H,30,35)/b13-9+,21-12+,28-26-,33-25-. The van der Waals surface area contributed by atoms with Crippen LogP contribution in [0.4, 0.5) is 5.69 Å². The van der Waals surface area contributed by atoms with Gasteiger partial charge in [-0.3, -0.25) is 4.79 Å². The van der Waals surface area contributed by atoms with Crippen LogP contribution in [0.25, 0.3) is 0 Å². The number of carbonyl (C=O) groups is 2. The minimum atomic E-state index is -0.218. The van der Waals surface area contributed by atoms with Crippen molar-refractivity contribution in [3.63, 3.8) is 0 Å². The zero-order valence-corrected chi connectivity index (χ0v) is 22.0. The van der Waals surface area contributed by atoms with Gasteiger partial charge in [-0.05, 0) is 69.0 Å². The van der Waals surface area contributed by atoms with E-state index in [1.165, 1.54) is 0 Å². The molecule has 0 fully saturated rings. The maximum atomic E-state index is 12.2. The lowest BCUT2D eigenvalue weighted by atomic mass is 10.1. The van der Waals surface area contributed by atoms with Crippen LogP contribution in [0.1, 0.15) is 76.6 Å². The fourth-order valence-corrected chi connectivity index (χ4v) is 3.08. The topological polar surface area (TPSA) is 129 Å². The molecule has 0 heterocycles. The summed E-state index contributed by atoms with van der Waals surface area (Å²) in [5.41, 5.74) is 8.99. The molecule has 0 radical (unpaired) electrons. The van der Waals surface area contributed by atoms with Crippen molar-refractivity contribution >= 4 is 29.4 Å². The molecule has 0 spiro atoms. The van der Waals surface area contributed by atoms with Gasteiger partial charge in [0.1, 0.15) is 12.0 Å². The summed E-state index contributed by atoms with van der Waals surface area (Å²) in [5.74, 6) is -0.144. The number of nitrogens with one attached hydrogen (secondary N) is 2. The van der Waals surface area contributed by atoms with E-state index in [-0.39, 0.29) is 17.6 Å². The Morgan fingerprint density at radius 2 is 1.75 bits per heavy atom. The smallest absolute Gasteiger partial charge is 0.251 e. The zero-order valence-electron chi connectivity index (χ0n) is 22.0. The van der Waals surface area contributed by atoms with E-state index in [4.69, 9.17) is 10.7 Å². The van der Waals surface area contributed by atoms with Gasteiger partial charge >= 0.3 is 0 Å². The van der Waals surface area contributed by atoms with Gasteiger partial charge in [-0.15, -0.1) is 0 Å². The van der Waals surface area contributed by atoms with Crippen LogP contribution in [0, 0.1) is 0 Å². The summed E-state index contributed by atoms with van der Waals surface area (Å²) in [6.07, 6.45) is 11.7. The summed E-state index contributed by atoms with van der Waals surface area (Å²) in [4.78, 5) is 31.4. The number of aliphatic hydroxyl groups is 1. The van der Waals surface area contributed by atoms with Crippen molar-refractivity contribution in [3.8, 4) is 0 Å². The average molecular weight is 496 g/mol. The van der Waals surface area contributed by atoms with Gasteiger partial charge in [-0.1, -0.05) is 38.8 Å². The van der Waals surface area contributed by atoms with Crippen molar-refractivity contribution in [2.45, 2.75) is 66.2 Å². The first-order valence-corrected chi connectivity index (χ1v) is 12.5. The Kier molecular flexibility index (Phi) is 14.9. The summed E-state index contributed by atoms with van der Waals surface area (Å²) < 4.78 is 0. The maximum Gasteiger partial charge on any atom is 0.251 e. The Balaban J connectivity index is 3.10. The van der Waals surface area contributed by atoms with Gasteiger partial charge in [0.15, 0.2) is 0 Å². The Hall–Kier alpha value is -3.68. The lowest BCUT2D eigenvalue weighted by Crippen LogP contribution is -2.24. The number of allylic oxidation sites excluding steroid dienone is 3. The average Bonchev–Trinajstić information content (AvgIpc) is 2.86. The third-order valence-electron chi connectivity index (χ3n) is 5.03. The number of anilines is 1. The maximum absolute atomic E-state index is 12.2. The molecule has 0 aliphatic heterocycles. The summed E-state index contributed by atoms with van der Waals surface area (Å²) in [7, 11) is 0. The van der Waals surface area contributed by atoms with Gasteiger partial charge in [-0.2, -0.15) is 4.99 Å². The number of nitrogens with zero attached hydrogens (tertiary/aromatic N) is 2. The van der Waals surface area contributed by atoms with Crippen molar-refractivity contribution in [2.75, 3.05) is 18.4 Å². The van der Waals surface area contributed by atoms with Gasteiger partial charge < -0.3 is 26.3 Å². The van der Waals surface area contributed by atoms with E-state index in [1.807, 2.05) is 31.2 Å². The molecule has 0 aliphatic carbocycles. The second kappa shape index (κ2) is 17.7. The molecule has 1 aromatic carbocycles. The van der Waals surface area contributed by atoms with Crippen molar-refractivity contribution < 1.29 is 14.7 Å². The molecule has 0 aliphatic rings. The number of carbonyl (C=O) groups excluding carboxylic acids is 2. The first-order chi connectivity index (χ1) is 17.3. The number of amides is 1. The zero-order chi connectivity index (χ0) is 26.8. The van der Waals surface area contributed by atoms with Crippen LogP contribution in [-0.2, 0) is 4.79 Å². The fraction of sp³-hybridized carbons (Fsp3) is 0.429. The number of hydrogen-bond donors (Lipinski definition) is 4. The van der Waals surface area contributed by atoms with Crippen LogP contribution in [0.15, 0.2) is 69.6 Å². The number of unbranched alkanes of at least 4 members (excludes halogenated alkanes) is 3. The Morgan fingerprint density at radius 3 is 2.36 bits per heavy atom. The molecule has 196 valence electrons. The quantitative estimate of drug-likeness (QED) is 0.0605. The molecule has 0 unspecified atom stereocenters. The number of aliphatic imine (C=N–C) groups is 2. The molecule has 1 aromatic rings.